The van der Waals surface area contributed by atoms with Gasteiger partial charge in [0.15, 0.2) is 0 Å². The van der Waals surface area contributed by atoms with Crippen LogP contribution in [0.5, 0.6) is 0 Å². The van der Waals surface area contributed by atoms with Gasteiger partial charge in [0.05, 0.1) is 0 Å². The van der Waals surface area contributed by atoms with Crippen molar-refractivity contribution in [3.05, 3.63) is 29.8 Å². The summed E-state index contributed by atoms with van der Waals surface area (Å²) in [7, 11) is 0. The van der Waals surface area contributed by atoms with Gasteiger partial charge in [0.2, 0.25) is 0 Å². The minimum absolute atomic E-state index is 0.796. The van der Waals surface area contributed by atoms with Crippen molar-refractivity contribution < 1.29 is 0 Å². The molecule has 0 spiro atoms. The van der Waals surface area contributed by atoms with Crippen LogP contribution in [0, 0.1) is 0 Å². The molecule has 0 aromatic heterocycles. The molecule has 0 unspecified atom stereocenters. The average Bonchev–Trinajstić information content (AvgIpc) is 2.92. The van der Waals surface area contributed by atoms with Crippen LogP contribution in [-0.4, -0.2) is 25.7 Å². The summed E-state index contributed by atoms with van der Waals surface area (Å²) in [4.78, 5) is 2.56. The van der Waals surface area contributed by atoms with E-state index < -0.39 is 0 Å². The lowest BCUT2D eigenvalue weighted by molar-refractivity contribution is 0.520. The van der Waals surface area contributed by atoms with E-state index in [9.17, 15) is 0 Å². The number of nitrogens with zero attached hydrogens (tertiary/aromatic N) is 1. The average molecular weight is 244 g/mol. The molecule has 0 atom stereocenters. The van der Waals surface area contributed by atoms with Crippen molar-refractivity contribution >= 4 is 5.69 Å². The third-order valence-corrected chi connectivity index (χ3v) is 4.38. The maximum atomic E-state index is 3.72. The Morgan fingerprint density at radius 1 is 1.11 bits per heavy atom. The molecule has 0 amide bonds. The SMILES string of the molecule is c1ccc2c(c1)CCCN2CCNC1CCCC1. The van der Waals surface area contributed by atoms with E-state index in [0.717, 1.165) is 19.1 Å². The summed E-state index contributed by atoms with van der Waals surface area (Å²) in [5.41, 5.74) is 3.00. The molecule has 1 aromatic carbocycles. The van der Waals surface area contributed by atoms with Crippen LogP contribution in [0.1, 0.15) is 37.7 Å². The zero-order valence-corrected chi connectivity index (χ0v) is 11.2. The lowest BCUT2D eigenvalue weighted by Crippen LogP contribution is -2.38. The molecule has 2 heteroatoms. The van der Waals surface area contributed by atoms with Crippen molar-refractivity contribution in [1.82, 2.24) is 5.32 Å². The standard InChI is InChI=1S/C16H24N2/c1-4-10-16-14(6-1)7-5-12-18(16)13-11-17-15-8-2-3-9-15/h1,4,6,10,15,17H,2-3,5,7-9,11-13H2. The maximum Gasteiger partial charge on any atom is 0.0399 e. The first-order valence-electron chi connectivity index (χ1n) is 7.50. The van der Waals surface area contributed by atoms with Gasteiger partial charge >= 0.3 is 0 Å². The topological polar surface area (TPSA) is 15.3 Å². The van der Waals surface area contributed by atoms with Gasteiger partial charge in [0.25, 0.3) is 0 Å². The normalized spacial score (nSPS) is 20.1. The highest BCUT2D eigenvalue weighted by atomic mass is 15.2. The Bertz CT molecular complexity index is 382. The summed E-state index contributed by atoms with van der Waals surface area (Å²) >= 11 is 0. The Kier molecular flexibility index (Phi) is 3.84. The minimum Gasteiger partial charge on any atom is -0.370 e. The van der Waals surface area contributed by atoms with E-state index in [2.05, 4.69) is 34.5 Å². The lowest BCUT2D eigenvalue weighted by atomic mass is 10.0. The molecule has 1 aliphatic carbocycles. The van der Waals surface area contributed by atoms with Crippen molar-refractivity contribution in [3.8, 4) is 0 Å². The third-order valence-electron chi connectivity index (χ3n) is 4.38. The zero-order valence-electron chi connectivity index (χ0n) is 11.2. The molecule has 18 heavy (non-hydrogen) atoms. The number of benzene rings is 1. The van der Waals surface area contributed by atoms with Gasteiger partial charge in [-0.05, 0) is 37.3 Å². The Labute approximate surface area is 110 Å². The van der Waals surface area contributed by atoms with Crippen molar-refractivity contribution in [3.63, 3.8) is 0 Å². The highest BCUT2D eigenvalue weighted by Crippen LogP contribution is 2.26. The second-order valence-electron chi connectivity index (χ2n) is 5.65. The number of aryl methyl sites for hydroxylation is 1. The van der Waals surface area contributed by atoms with Gasteiger partial charge in [0, 0.05) is 31.4 Å². The summed E-state index contributed by atoms with van der Waals surface area (Å²) in [5, 5.41) is 3.72. The van der Waals surface area contributed by atoms with Gasteiger partial charge in [-0.15, -0.1) is 0 Å². The van der Waals surface area contributed by atoms with E-state index in [1.165, 1.54) is 56.3 Å². The van der Waals surface area contributed by atoms with Crippen LogP contribution in [0.3, 0.4) is 0 Å². The van der Waals surface area contributed by atoms with Gasteiger partial charge < -0.3 is 10.2 Å². The van der Waals surface area contributed by atoms with Crippen LogP contribution in [-0.2, 0) is 6.42 Å². The number of rotatable bonds is 4. The smallest absolute Gasteiger partial charge is 0.0399 e. The van der Waals surface area contributed by atoms with E-state index in [0.29, 0.717) is 0 Å². The molecule has 2 nitrogen and oxygen atoms in total. The summed E-state index contributed by atoms with van der Waals surface area (Å²) in [6, 6.07) is 9.70. The molecule has 2 aliphatic rings. The van der Waals surface area contributed by atoms with E-state index in [-0.39, 0.29) is 0 Å². The molecule has 0 radical (unpaired) electrons. The summed E-state index contributed by atoms with van der Waals surface area (Å²) in [6.07, 6.45) is 8.17. The zero-order chi connectivity index (χ0) is 12.2. The fourth-order valence-electron chi connectivity index (χ4n) is 3.38. The lowest BCUT2D eigenvalue weighted by Gasteiger charge is -2.31. The van der Waals surface area contributed by atoms with Gasteiger partial charge in [-0.25, -0.2) is 0 Å². The Morgan fingerprint density at radius 3 is 2.83 bits per heavy atom. The van der Waals surface area contributed by atoms with E-state index in [1.807, 2.05) is 0 Å². The number of hydrogen-bond acceptors (Lipinski definition) is 2. The summed E-state index contributed by atoms with van der Waals surface area (Å²) in [6.45, 7) is 3.52. The van der Waals surface area contributed by atoms with Gasteiger partial charge in [0.1, 0.15) is 0 Å². The molecule has 0 saturated heterocycles. The number of fused-ring (bicyclic) bond motifs is 1. The van der Waals surface area contributed by atoms with Gasteiger partial charge in [-0.2, -0.15) is 0 Å². The van der Waals surface area contributed by atoms with Crippen LogP contribution < -0.4 is 10.2 Å². The Morgan fingerprint density at radius 2 is 1.94 bits per heavy atom. The Hall–Kier alpha value is -1.02. The Balaban J connectivity index is 1.54. The molecule has 3 rings (SSSR count). The van der Waals surface area contributed by atoms with Crippen molar-refractivity contribution in [2.24, 2.45) is 0 Å². The molecule has 1 N–H and O–H groups in total. The van der Waals surface area contributed by atoms with Crippen LogP contribution in [0.15, 0.2) is 24.3 Å². The van der Waals surface area contributed by atoms with Gasteiger partial charge in [-0.3, -0.25) is 0 Å². The highest BCUT2D eigenvalue weighted by Gasteiger charge is 2.17. The fourth-order valence-corrected chi connectivity index (χ4v) is 3.38. The van der Waals surface area contributed by atoms with Crippen molar-refractivity contribution in [2.75, 3.05) is 24.5 Å². The molecule has 1 saturated carbocycles. The molecule has 1 aliphatic heterocycles. The van der Waals surface area contributed by atoms with Crippen molar-refractivity contribution in [1.29, 1.82) is 0 Å². The highest BCUT2D eigenvalue weighted by molar-refractivity contribution is 5.55. The van der Waals surface area contributed by atoms with E-state index in [4.69, 9.17) is 0 Å². The van der Waals surface area contributed by atoms with Crippen LogP contribution in [0.4, 0.5) is 5.69 Å². The monoisotopic (exact) mass is 244 g/mol. The summed E-state index contributed by atoms with van der Waals surface area (Å²) in [5.74, 6) is 0. The molecule has 1 fully saturated rings. The second kappa shape index (κ2) is 5.75. The number of para-hydroxylation sites is 1. The first-order valence-corrected chi connectivity index (χ1v) is 7.50. The quantitative estimate of drug-likeness (QED) is 0.876. The van der Waals surface area contributed by atoms with Crippen LogP contribution >= 0.6 is 0 Å². The van der Waals surface area contributed by atoms with Crippen LogP contribution in [0.25, 0.3) is 0 Å². The first kappa shape index (κ1) is 12.0. The second-order valence-corrected chi connectivity index (χ2v) is 5.65. The number of nitrogens with one attached hydrogen (secondary N) is 1. The number of anilines is 1. The van der Waals surface area contributed by atoms with Crippen LogP contribution in [0.2, 0.25) is 0 Å². The molecule has 0 bridgehead atoms. The predicted octanol–water partition coefficient (Wildman–Crippen LogP) is 2.97. The van der Waals surface area contributed by atoms with E-state index >= 15 is 0 Å². The largest absolute Gasteiger partial charge is 0.370 e. The molecule has 98 valence electrons. The minimum atomic E-state index is 0.796. The number of hydrogen-bond donors (Lipinski definition) is 1. The molecule has 1 aromatic rings. The fraction of sp³-hybridized carbons (Fsp3) is 0.625. The van der Waals surface area contributed by atoms with E-state index in [1.54, 1.807) is 0 Å². The molecular weight excluding hydrogens is 220 g/mol. The summed E-state index contributed by atoms with van der Waals surface area (Å²) < 4.78 is 0. The molecular formula is C16H24N2. The van der Waals surface area contributed by atoms with Gasteiger partial charge in [-0.1, -0.05) is 31.0 Å². The third kappa shape index (κ3) is 2.69. The first-order chi connectivity index (χ1) is 8.93. The predicted molar refractivity (Wildman–Crippen MR) is 77.2 cm³/mol. The molecule has 1 heterocycles. The maximum absolute atomic E-state index is 3.72. The van der Waals surface area contributed by atoms with Crippen molar-refractivity contribution in [2.45, 2.75) is 44.6 Å².